The Morgan fingerprint density at radius 1 is 1.83 bits per heavy atom. The first-order chi connectivity index (χ1) is 5.79. The molecule has 0 fully saturated rings. The van der Waals surface area contributed by atoms with E-state index in [0.717, 1.165) is 5.69 Å². The van der Waals surface area contributed by atoms with Crippen molar-refractivity contribution < 1.29 is 9.53 Å². The van der Waals surface area contributed by atoms with Gasteiger partial charge in [-0.1, -0.05) is 0 Å². The number of nitrogens with zero attached hydrogens (tertiary/aromatic N) is 1. The van der Waals surface area contributed by atoms with Crippen LogP contribution in [0.4, 0.5) is 4.79 Å². The number of ether oxygens (including phenoxy) is 1. The minimum absolute atomic E-state index is 0.412. The Hall–Kier alpha value is -1.69. The minimum Gasteiger partial charge on any atom is -0.452 e. The summed E-state index contributed by atoms with van der Waals surface area (Å²) in [5.41, 5.74) is 0.768. The highest BCUT2D eigenvalue weighted by Gasteiger charge is 2.06. The van der Waals surface area contributed by atoms with Gasteiger partial charge < -0.3 is 4.74 Å². The number of carbonyl (C=O) groups is 1. The van der Waals surface area contributed by atoms with Crippen LogP contribution < -0.4 is 0 Å². The van der Waals surface area contributed by atoms with Gasteiger partial charge in [-0.25, -0.2) is 4.79 Å². The van der Waals surface area contributed by atoms with E-state index in [1.807, 2.05) is 0 Å². The van der Waals surface area contributed by atoms with E-state index in [1.54, 1.807) is 18.3 Å². The van der Waals surface area contributed by atoms with E-state index >= 15 is 0 Å². The van der Waals surface area contributed by atoms with Crippen LogP contribution >= 0.6 is 0 Å². The molecule has 0 aliphatic rings. The molecule has 0 aliphatic heterocycles. The second kappa shape index (κ2) is 3.63. The Labute approximate surface area is 70.9 Å². The van der Waals surface area contributed by atoms with Crippen molar-refractivity contribution in [1.82, 2.24) is 4.57 Å². The maximum absolute atomic E-state index is 11.0. The van der Waals surface area contributed by atoms with E-state index in [1.165, 1.54) is 11.7 Å². The second-order valence-electron chi connectivity index (χ2n) is 2.22. The van der Waals surface area contributed by atoms with Gasteiger partial charge in [-0.15, -0.1) is 12.3 Å². The molecule has 3 nitrogen and oxygen atoms in total. The van der Waals surface area contributed by atoms with Crippen LogP contribution in [0, 0.1) is 12.3 Å². The molecule has 0 amide bonds. The molecule has 0 aliphatic carbocycles. The molecule has 0 radical (unpaired) electrons. The van der Waals surface area contributed by atoms with E-state index in [4.69, 9.17) is 6.42 Å². The van der Waals surface area contributed by atoms with Gasteiger partial charge in [0.05, 0.1) is 7.11 Å². The maximum atomic E-state index is 11.0. The first-order valence-corrected chi connectivity index (χ1v) is 3.47. The highest BCUT2D eigenvalue weighted by Crippen LogP contribution is 2.03. The van der Waals surface area contributed by atoms with Crippen molar-refractivity contribution in [2.75, 3.05) is 7.11 Å². The lowest BCUT2D eigenvalue weighted by Crippen LogP contribution is -2.12. The molecule has 0 unspecified atom stereocenters. The van der Waals surface area contributed by atoms with Crippen LogP contribution in [0.25, 0.3) is 0 Å². The number of terminal acetylenes is 1. The summed E-state index contributed by atoms with van der Waals surface area (Å²) >= 11 is 0. The predicted molar refractivity (Wildman–Crippen MR) is 44.8 cm³/mol. The molecule has 1 aromatic rings. The molecule has 12 heavy (non-hydrogen) atoms. The Balaban J connectivity index is 2.92. The van der Waals surface area contributed by atoms with Gasteiger partial charge in [-0.2, -0.15) is 0 Å². The molecule has 1 rings (SSSR count). The summed E-state index contributed by atoms with van der Waals surface area (Å²) in [7, 11) is 1.34. The van der Waals surface area contributed by atoms with Crippen molar-refractivity contribution in [3.05, 3.63) is 24.0 Å². The summed E-state index contributed by atoms with van der Waals surface area (Å²) in [5.74, 6) is 2.46. The largest absolute Gasteiger partial charge is 0.452 e. The first kappa shape index (κ1) is 8.41. The third-order valence-electron chi connectivity index (χ3n) is 1.49. The monoisotopic (exact) mass is 163 g/mol. The molecule has 0 saturated carbocycles. The Bertz CT molecular complexity index is 320. The van der Waals surface area contributed by atoms with Crippen LogP contribution in [0.1, 0.15) is 5.69 Å². The van der Waals surface area contributed by atoms with Gasteiger partial charge in [0.2, 0.25) is 0 Å². The van der Waals surface area contributed by atoms with Crippen molar-refractivity contribution in [3.63, 3.8) is 0 Å². The zero-order valence-corrected chi connectivity index (χ0v) is 6.78. The van der Waals surface area contributed by atoms with Crippen molar-refractivity contribution >= 4 is 6.09 Å². The molecule has 0 aromatic carbocycles. The first-order valence-electron chi connectivity index (χ1n) is 3.47. The topological polar surface area (TPSA) is 31.2 Å². The predicted octanol–water partition coefficient (Wildman–Crippen LogP) is 1.28. The maximum Gasteiger partial charge on any atom is 0.417 e. The molecule has 3 heteroatoms. The summed E-state index contributed by atoms with van der Waals surface area (Å²) in [5, 5.41) is 0. The minimum atomic E-state index is -0.412. The lowest BCUT2D eigenvalue weighted by Gasteiger charge is -2.02. The Kier molecular flexibility index (Phi) is 2.54. The van der Waals surface area contributed by atoms with Crippen LogP contribution in [0.2, 0.25) is 0 Å². The fourth-order valence-electron chi connectivity index (χ4n) is 0.941. The van der Waals surface area contributed by atoms with Gasteiger partial charge in [0.1, 0.15) is 0 Å². The molecule has 62 valence electrons. The number of carbonyl (C=O) groups excluding carboxylic acids is 1. The Morgan fingerprint density at radius 3 is 3.17 bits per heavy atom. The standard InChI is InChI=1S/C9H9NO2/c1-3-5-8-6-4-7-10(8)9(11)12-2/h1,4,6-7H,5H2,2H3. The van der Waals surface area contributed by atoms with Gasteiger partial charge in [-0.3, -0.25) is 4.57 Å². The van der Waals surface area contributed by atoms with Gasteiger partial charge in [0.25, 0.3) is 0 Å². The van der Waals surface area contributed by atoms with E-state index in [9.17, 15) is 4.79 Å². The van der Waals surface area contributed by atoms with Crippen LogP contribution in [-0.2, 0) is 11.2 Å². The molecule has 1 heterocycles. The lowest BCUT2D eigenvalue weighted by atomic mass is 10.3. The SMILES string of the molecule is C#CCc1cccn1C(=O)OC. The summed E-state index contributed by atoms with van der Waals surface area (Å²) in [6, 6.07) is 3.54. The third kappa shape index (κ3) is 1.48. The normalized spacial score (nSPS) is 9.00. The second-order valence-corrected chi connectivity index (χ2v) is 2.22. The van der Waals surface area contributed by atoms with Crippen LogP contribution in [-0.4, -0.2) is 17.8 Å². The summed E-state index contributed by atoms with van der Waals surface area (Å²) in [6.45, 7) is 0. The van der Waals surface area contributed by atoms with Crippen LogP contribution in [0.3, 0.4) is 0 Å². The zero-order chi connectivity index (χ0) is 8.97. The number of aromatic nitrogens is 1. The van der Waals surface area contributed by atoms with Crippen LogP contribution in [0.15, 0.2) is 18.3 Å². The summed E-state index contributed by atoms with van der Waals surface area (Å²) < 4.78 is 5.93. The molecular formula is C9H9NO2. The third-order valence-corrected chi connectivity index (χ3v) is 1.49. The van der Waals surface area contributed by atoms with Crippen molar-refractivity contribution in [2.24, 2.45) is 0 Å². The average Bonchev–Trinajstić information content (AvgIpc) is 2.52. The van der Waals surface area contributed by atoms with Gasteiger partial charge in [0.15, 0.2) is 0 Å². The van der Waals surface area contributed by atoms with E-state index in [2.05, 4.69) is 10.7 Å². The van der Waals surface area contributed by atoms with Gasteiger partial charge in [-0.05, 0) is 12.1 Å². The number of hydrogen-bond acceptors (Lipinski definition) is 2. The number of rotatable bonds is 1. The van der Waals surface area contributed by atoms with Gasteiger partial charge in [0, 0.05) is 18.3 Å². The fourth-order valence-corrected chi connectivity index (χ4v) is 0.941. The van der Waals surface area contributed by atoms with Crippen molar-refractivity contribution in [3.8, 4) is 12.3 Å². The molecular weight excluding hydrogens is 154 g/mol. The number of hydrogen-bond donors (Lipinski definition) is 0. The molecule has 0 atom stereocenters. The fraction of sp³-hybridized carbons (Fsp3) is 0.222. The van der Waals surface area contributed by atoms with E-state index in [0.29, 0.717) is 6.42 Å². The summed E-state index contributed by atoms with van der Waals surface area (Å²) in [6.07, 6.45) is 6.76. The lowest BCUT2D eigenvalue weighted by molar-refractivity contribution is 0.172. The van der Waals surface area contributed by atoms with E-state index in [-0.39, 0.29) is 0 Å². The average molecular weight is 163 g/mol. The van der Waals surface area contributed by atoms with Crippen molar-refractivity contribution in [1.29, 1.82) is 0 Å². The number of methoxy groups -OCH3 is 1. The molecule has 0 spiro atoms. The smallest absolute Gasteiger partial charge is 0.417 e. The summed E-state index contributed by atoms with van der Waals surface area (Å²) in [4.78, 5) is 11.0. The zero-order valence-electron chi connectivity index (χ0n) is 6.78. The van der Waals surface area contributed by atoms with Crippen molar-refractivity contribution in [2.45, 2.75) is 6.42 Å². The molecule has 0 saturated heterocycles. The highest BCUT2D eigenvalue weighted by molar-refractivity contribution is 5.71. The highest BCUT2D eigenvalue weighted by atomic mass is 16.5. The Morgan fingerprint density at radius 2 is 2.58 bits per heavy atom. The molecule has 0 bridgehead atoms. The van der Waals surface area contributed by atoms with E-state index < -0.39 is 6.09 Å². The molecule has 0 N–H and O–H groups in total. The molecule has 1 aromatic heterocycles. The van der Waals surface area contributed by atoms with Gasteiger partial charge >= 0.3 is 6.09 Å². The quantitative estimate of drug-likeness (QED) is 0.584. The van der Waals surface area contributed by atoms with Crippen LogP contribution in [0.5, 0.6) is 0 Å².